The molecule has 0 aromatic heterocycles. The molecule has 0 radical (unpaired) electrons. The van der Waals surface area contributed by atoms with Crippen LogP contribution >= 0.6 is 0 Å². The lowest BCUT2D eigenvalue weighted by Gasteiger charge is -2.20. The molecule has 0 aliphatic heterocycles. The predicted molar refractivity (Wildman–Crippen MR) is 57.9 cm³/mol. The van der Waals surface area contributed by atoms with Gasteiger partial charge in [-0.2, -0.15) is 0 Å². The monoisotopic (exact) mass is 187 g/mol. The van der Waals surface area contributed by atoms with Crippen LogP contribution in [0.25, 0.3) is 0 Å². The molecule has 2 heteroatoms. The molecule has 1 atom stereocenters. The van der Waals surface area contributed by atoms with E-state index >= 15 is 0 Å². The zero-order chi connectivity index (χ0) is 10.3. The molecule has 0 spiro atoms. The van der Waals surface area contributed by atoms with Crippen molar-refractivity contribution in [3.05, 3.63) is 0 Å². The van der Waals surface area contributed by atoms with Gasteiger partial charge < -0.3 is 10.4 Å². The van der Waals surface area contributed by atoms with Gasteiger partial charge in [0.25, 0.3) is 0 Å². The molecule has 13 heavy (non-hydrogen) atoms. The Morgan fingerprint density at radius 1 is 1.31 bits per heavy atom. The third-order valence-corrected chi connectivity index (χ3v) is 1.93. The Bertz CT molecular complexity index is 118. The molecule has 0 aliphatic carbocycles. The maximum atomic E-state index is 9.51. The Kier molecular flexibility index (Phi) is 6.35. The van der Waals surface area contributed by atoms with E-state index in [-0.39, 0.29) is 6.10 Å². The average Bonchev–Trinajstić information content (AvgIpc) is 1.98. The van der Waals surface area contributed by atoms with Crippen LogP contribution in [0.3, 0.4) is 0 Å². The zero-order valence-electron chi connectivity index (χ0n) is 9.56. The summed E-state index contributed by atoms with van der Waals surface area (Å²) < 4.78 is 0. The van der Waals surface area contributed by atoms with E-state index in [0.29, 0.717) is 5.41 Å². The summed E-state index contributed by atoms with van der Waals surface area (Å²) in [4.78, 5) is 0. The molecular formula is C11H25NO. The van der Waals surface area contributed by atoms with E-state index in [0.717, 1.165) is 32.4 Å². The molecule has 2 N–H and O–H groups in total. The fourth-order valence-corrected chi connectivity index (χ4v) is 1.16. The maximum absolute atomic E-state index is 9.51. The summed E-state index contributed by atoms with van der Waals surface area (Å²) in [6.07, 6.45) is 3.05. The first-order valence-electron chi connectivity index (χ1n) is 5.34. The van der Waals surface area contributed by atoms with E-state index in [4.69, 9.17) is 0 Å². The first-order valence-corrected chi connectivity index (χ1v) is 5.34. The van der Waals surface area contributed by atoms with Gasteiger partial charge in [0.15, 0.2) is 0 Å². The number of aliphatic hydroxyl groups excluding tert-OH is 1. The summed E-state index contributed by atoms with van der Waals surface area (Å²) in [6.45, 7) is 10.4. The summed E-state index contributed by atoms with van der Waals surface area (Å²) >= 11 is 0. The molecule has 2 nitrogen and oxygen atoms in total. The van der Waals surface area contributed by atoms with Crippen LogP contribution in [0.1, 0.15) is 47.0 Å². The molecular weight excluding hydrogens is 162 g/mol. The molecule has 0 heterocycles. The van der Waals surface area contributed by atoms with Crippen molar-refractivity contribution in [2.24, 2.45) is 5.41 Å². The summed E-state index contributed by atoms with van der Waals surface area (Å²) in [6, 6.07) is 0. The van der Waals surface area contributed by atoms with Crippen LogP contribution in [0.5, 0.6) is 0 Å². The maximum Gasteiger partial charge on any atom is 0.0664 e. The van der Waals surface area contributed by atoms with E-state index in [1.807, 2.05) is 0 Å². The summed E-state index contributed by atoms with van der Waals surface area (Å²) in [5.74, 6) is 0. The highest BCUT2D eigenvalue weighted by Gasteiger charge is 2.10. The molecule has 0 unspecified atom stereocenters. The van der Waals surface area contributed by atoms with Crippen LogP contribution in [-0.2, 0) is 0 Å². The number of aliphatic hydroxyl groups is 1. The molecule has 0 bridgehead atoms. The first kappa shape index (κ1) is 12.9. The van der Waals surface area contributed by atoms with Crippen molar-refractivity contribution in [1.82, 2.24) is 5.32 Å². The van der Waals surface area contributed by atoms with Gasteiger partial charge in [-0.1, -0.05) is 40.5 Å². The second kappa shape index (κ2) is 6.39. The topological polar surface area (TPSA) is 32.3 Å². The van der Waals surface area contributed by atoms with Crippen LogP contribution in [0.2, 0.25) is 0 Å². The largest absolute Gasteiger partial charge is 0.392 e. The normalized spacial score (nSPS) is 14.5. The SMILES string of the molecule is CCCC[C@H](O)CNCC(C)(C)C. The quantitative estimate of drug-likeness (QED) is 0.668. The minimum Gasteiger partial charge on any atom is -0.392 e. The minimum absolute atomic E-state index is 0.165. The van der Waals surface area contributed by atoms with Crippen molar-refractivity contribution in [2.45, 2.75) is 53.1 Å². The van der Waals surface area contributed by atoms with E-state index < -0.39 is 0 Å². The van der Waals surface area contributed by atoms with Gasteiger partial charge in [-0.25, -0.2) is 0 Å². The van der Waals surface area contributed by atoms with Gasteiger partial charge in [0.2, 0.25) is 0 Å². The van der Waals surface area contributed by atoms with Gasteiger partial charge in [0.1, 0.15) is 0 Å². The van der Waals surface area contributed by atoms with Crippen LogP contribution in [0.15, 0.2) is 0 Å². The van der Waals surface area contributed by atoms with Crippen LogP contribution < -0.4 is 5.32 Å². The van der Waals surface area contributed by atoms with Gasteiger partial charge >= 0.3 is 0 Å². The van der Waals surface area contributed by atoms with Gasteiger partial charge in [-0.05, 0) is 11.8 Å². The van der Waals surface area contributed by atoms with E-state index in [1.54, 1.807) is 0 Å². The molecule has 0 aliphatic rings. The number of hydrogen-bond acceptors (Lipinski definition) is 2. The number of hydrogen-bond donors (Lipinski definition) is 2. The Morgan fingerprint density at radius 3 is 2.38 bits per heavy atom. The summed E-state index contributed by atoms with van der Waals surface area (Å²) in [7, 11) is 0. The van der Waals surface area contributed by atoms with Gasteiger partial charge in [0.05, 0.1) is 6.10 Å². The fourth-order valence-electron chi connectivity index (χ4n) is 1.16. The zero-order valence-corrected chi connectivity index (χ0v) is 9.56. The molecule has 0 saturated heterocycles. The summed E-state index contributed by atoms with van der Waals surface area (Å²) in [5.41, 5.74) is 0.310. The number of unbranched alkanes of at least 4 members (excludes halogenated alkanes) is 1. The van der Waals surface area contributed by atoms with Crippen molar-refractivity contribution in [3.8, 4) is 0 Å². The molecule has 0 saturated carbocycles. The first-order chi connectivity index (χ1) is 5.95. The Balaban J connectivity index is 3.31. The highest BCUT2D eigenvalue weighted by atomic mass is 16.3. The highest BCUT2D eigenvalue weighted by molar-refractivity contribution is 4.67. The van der Waals surface area contributed by atoms with Crippen molar-refractivity contribution in [1.29, 1.82) is 0 Å². The lowest BCUT2D eigenvalue weighted by molar-refractivity contribution is 0.154. The van der Waals surface area contributed by atoms with Gasteiger partial charge in [0, 0.05) is 13.1 Å². The third kappa shape index (κ3) is 9.84. The van der Waals surface area contributed by atoms with Crippen molar-refractivity contribution in [3.63, 3.8) is 0 Å². The van der Waals surface area contributed by atoms with Crippen molar-refractivity contribution in [2.75, 3.05) is 13.1 Å². The second-order valence-electron chi connectivity index (χ2n) is 4.99. The number of nitrogens with one attached hydrogen (secondary N) is 1. The molecule has 0 aromatic carbocycles. The minimum atomic E-state index is -0.165. The smallest absolute Gasteiger partial charge is 0.0664 e. The van der Waals surface area contributed by atoms with Crippen LogP contribution in [-0.4, -0.2) is 24.3 Å². The van der Waals surface area contributed by atoms with Crippen molar-refractivity contribution < 1.29 is 5.11 Å². The average molecular weight is 187 g/mol. The standard InChI is InChI=1S/C11H25NO/c1-5-6-7-10(13)8-12-9-11(2,3)4/h10,12-13H,5-9H2,1-4H3/t10-/m0/s1. The highest BCUT2D eigenvalue weighted by Crippen LogP contribution is 2.10. The predicted octanol–water partition coefficient (Wildman–Crippen LogP) is 2.17. The Morgan fingerprint density at radius 2 is 1.92 bits per heavy atom. The van der Waals surface area contributed by atoms with E-state index in [9.17, 15) is 5.11 Å². The van der Waals surface area contributed by atoms with Crippen LogP contribution in [0, 0.1) is 5.41 Å². The van der Waals surface area contributed by atoms with Gasteiger partial charge in [-0.3, -0.25) is 0 Å². The Labute approximate surface area is 82.7 Å². The van der Waals surface area contributed by atoms with E-state index in [1.165, 1.54) is 0 Å². The third-order valence-electron chi connectivity index (χ3n) is 1.93. The molecule has 0 aromatic rings. The summed E-state index contributed by atoms with van der Waals surface area (Å²) in [5, 5.41) is 12.8. The molecule has 0 fully saturated rings. The lowest BCUT2D eigenvalue weighted by atomic mass is 9.97. The Hall–Kier alpha value is -0.0800. The second-order valence-corrected chi connectivity index (χ2v) is 4.99. The fraction of sp³-hybridized carbons (Fsp3) is 1.00. The lowest BCUT2D eigenvalue weighted by Crippen LogP contribution is -2.33. The molecule has 80 valence electrons. The number of rotatable bonds is 6. The van der Waals surface area contributed by atoms with Gasteiger partial charge in [-0.15, -0.1) is 0 Å². The van der Waals surface area contributed by atoms with Crippen LogP contribution in [0.4, 0.5) is 0 Å². The molecule has 0 amide bonds. The van der Waals surface area contributed by atoms with Crippen molar-refractivity contribution >= 4 is 0 Å². The molecule has 0 rings (SSSR count). The van der Waals surface area contributed by atoms with E-state index in [2.05, 4.69) is 33.0 Å².